The van der Waals surface area contributed by atoms with Gasteiger partial charge < -0.3 is 10.2 Å². The van der Waals surface area contributed by atoms with E-state index in [-0.39, 0.29) is 5.91 Å². The predicted octanol–water partition coefficient (Wildman–Crippen LogP) is 2.26. The van der Waals surface area contributed by atoms with Crippen molar-refractivity contribution in [1.29, 1.82) is 0 Å². The van der Waals surface area contributed by atoms with E-state index in [0.717, 1.165) is 17.9 Å². The molecule has 0 spiro atoms. The van der Waals surface area contributed by atoms with Gasteiger partial charge in [-0.3, -0.25) is 4.79 Å². The molecule has 1 N–H and O–H groups in total. The van der Waals surface area contributed by atoms with E-state index in [2.05, 4.69) is 15.2 Å². The summed E-state index contributed by atoms with van der Waals surface area (Å²) in [5.74, 6) is -0.129. The zero-order chi connectivity index (χ0) is 14.4. The highest BCUT2D eigenvalue weighted by atomic mass is 16.1. The molecule has 4 heteroatoms. The van der Waals surface area contributed by atoms with Crippen LogP contribution < -0.4 is 10.2 Å². The number of rotatable bonds is 5. The van der Waals surface area contributed by atoms with Crippen molar-refractivity contribution in [3.63, 3.8) is 0 Å². The molecule has 0 aliphatic heterocycles. The summed E-state index contributed by atoms with van der Waals surface area (Å²) in [6.07, 6.45) is 0. The Morgan fingerprint density at radius 1 is 1.15 bits per heavy atom. The number of likely N-dealkylation sites (N-methyl/N-ethyl adjacent to an activating group) is 1. The monoisotopic (exact) mass is 269 g/mol. The van der Waals surface area contributed by atoms with E-state index in [1.54, 1.807) is 6.07 Å². The van der Waals surface area contributed by atoms with E-state index in [1.165, 1.54) is 0 Å². The standard InChI is InChI=1S/C16H19N3O/c1-13-7-6-10-15(18-13)16(20)17-11-12-19(2)14-8-4-3-5-9-14/h3-10H,11-12H2,1-2H3,(H,17,20). The van der Waals surface area contributed by atoms with Crippen molar-refractivity contribution in [3.05, 3.63) is 59.9 Å². The third-order valence-electron chi connectivity index (χ3n) is 3.05. The summed E-state index contributed by atoms with van der Waals surface area (Å²) in [6, 6.07) is 15.5. The van der Waals surface area contributed by atoms with Gasteiger partial charge in [0.05, 0.1) is 0 Å². The molecule has 0 fully saturated rings. The number of aryl methyl sites for hydroxylation is 1. The minimum Gasteiger partial charge on any atom is -0.373 e. The van der Waals surface area contributed by atoms with E-state index >= 15 is 0 Å². The van der Waals surface area contributed by atoms with Crippen molar-refractivity contribution < 1.29 is 4.79 Å². The molecule has 1 aromatic heterocycles. The van der Waals surface area contributed by atoms with Gasteiger partial charge in [-0.05, 0) is 31.2 Å². The van der Waals surface area contributed by atoms with E-state index in [4.69, 9.17) is 0 Å². The third kappa shape index (κ3) is 3.82. The van der Waals surface area contributed by atoms with Crippen LogP contribution in [0, 0.1) is 6.92 Å². The number of nitrogens with one attached hydrogen (secondary N) is 1. The molecule has 104 valence electrons. The lowest BCUT2D eigenvalue weighted by Gasteiger charge is -2.19. The van der Waals surface area contributed by atoms with Gasteiger partial charge in [0.2, 0.25) is 0 Å². The number of hydrogen-bond acceptors (Lipinski definition) is 3. The van der Waals surface area contributed by atoms with Gasteiger partial charge in [0, 0.05) is 31.5 Å². The fourth-order valence-electron chi connectivity index (χ4n) is 1.91. The van der Waals surface area contributed by atoms with Gasteiger partial charge in [-0.25, -0.2) is 4.98 Å². The van der Waals surface area contributed by atoms with Crippen LogP contribution in [0.3, 0.4) is 0 Å². The average molecular weight is 269 g/mol. The molecule has 0 atom stereocenters. The molecule has 1 amide bonds. The highest BCUT2D eigenvalue weighted by Crippen LogP contribution is 2.09. The quantitative estimate of drug-likeness (QED) is 0.905. The Labute approximate surface area is 119 Å². The number of anilines is 1. The number of carbonyl (C=O) groups is 1. The SMILES string of the molecule is Cc1cccc(C(=O)NCCN(C)c2ccccc2)n1. The van der Waals surface area contributed by atoms with Crippen LogP contribution in [0.2, 0.25) is 0 Å². The van der Waals surface area contributed by atoms with E-state index in [1.807, 2.05) is 56.4 Å². The van der Waals surface area contributed by atoms with Gasteiger partial charge in [-0.15, -0.1) is 0 Å². The molecule has 0 bridgehead atoms. The van der Waals surface area contributed by atoms with Crippen LogP contribution in [0.5, 0.6) is 0 Å². The van der Waals surface area contributed by atoms with Crippen LogP contribution >= 0.6 is 0 Å². The summed E-state index contributed by atoms with van der Waals surface area (Å²) in [4.78, 5) is 18.2. The molecule has 0 unspecified atom stereocenters. The number of aromatic nitrogens is 1. The summed E-state index contributed by atoms with van der Waals surface area (Å²) in [6.45, 7) is 3.21. The zero-order valence-corrected chi connectivity index (χ0v) is 11.8. The first-order chi connectivity index (χ1) is 9.66. The number of pyridine rings is 1. The second kappa shape index (κ2) is 6.70. The van der Waals surface area contributed by atoms with Crippen molar-refractivity contribution >= 4 is 11.6 Å². The Balaban J connectivity index is 1.83. The lowest BCUT2D eigenvalue weighted by molar-refractivity contribution is 0.0949. The summed E-state index contributed by atoms with van der Waals surface area (Å²) in [5, 5.41) is 2.88. The molecule has 1 aromatic carbocycles. The van der Waals surface area contributed by atoms with Crippen LogP contribution in [0.15, 0.2) is 48.5 Å². The maximum atomic E-state index is 11.9. The highest BCUT2D eigenvalue weighted by molar-refractivity contribution is 5.92. The summed E-state index contributed by atoms with van der Waals surface area (Å²) >= 11 is 0. The van der Waals surface area contributed by atoms with Gasteiger partial charge in [-0.1, -0.05) is 24.3 Å². The summed E-state index contributed by atoms with van der Waals surface area (Å²) < 4.78 is 0. The largest absolute Gasteiger partial charge is 0.373 e. The second-order valence-corrected chi connectivity index (χ2v) is 4.68. The molecular weight excluding hydrogens is 250 g/mol. The molecule has 1 heterocycles. The number of nitrogens with zero attached hydrogens (tertiary/aromatic N) is 2. The maximum Gasteiger partial charge on any atom is 0.269 e. The van der Waals surface area contributed by atoms with Crippen molar-refractivity contribution in [2.75, 3.05) is 25.0 Å². The zero-order valence-electron chi connectivity index (χ0n) is 11.8. The normalized spacial score (nSPS) is 10.1. The predicted molar refractivity (Wildman–Crippen MR) is 81.0 cm³/mol. The van der Waals surface area contributed by atoms with Gasteiger partial charge in [0.1, 0.15) is 5.69 Å². The number of amides is 1. The molecule has 20 heavy (non-hydrogen) atoms. The van der Waals surface area contributed by atoms with Gasteiger partial charge in [-0.2, -0.15) is 0 Å². The number of benzene rings is 1. The fraction of sp³-hybridized carbons (Fsp3) is 0.250. The Kier molecular flexibility index (Phi) is 4.71. The molecule has 2 aromatic rings. The molecule has 0 saturated heterocycles. The molecule has 2 rings (SSSR count). The van der Waals surface area contributed by atoms with Crippen molar-refractivity contribution in [1.82, 2.24) is 10.3 Å². The highest BCUT2D eigenvalue weighted by Gasteiger charge is 2.07. The topological polar surface area (TPSA) is 45.2 Å². The van der Waals surface area contributed by atoms with Crippen molar-refractivity contribution in [2.24, 2.45) is 0 Å². The van der Waals surface area contributed by atoms with E-state index in [0.29, 0.717) is 12.2 Å². The average Bonchev–Trinajstić information content (AvgIpc) is 2.48. The minimum atomic E-state index is -0.129. The van der Waals surface area contributed by atoms with Gasteiger partial charge in [0.15, 0.2) is 0 Å². The molecular formula is C16H19N3O. The van der Waals surface area contributed by atoms with Gasteiger partial charge in [0.25, 0.3) is 5.91 Å². The van der Waals surface area contributed by atoms with E-state index < -0.39 is 0 Å². The van der Waals surface area contributed by atoms with Crippen LogP contribution in [0.4, 0.5) is 5.69 Å². The number of para-hydroxylation sites is 1. The lowest BCUT2D eigenvalue weighted by Crippen LogP contribution is -2.33. The number of carbonyl (C=O) groups excluding carboxylic acids is 1. The Bertz CT molecular complexity index is 569. The molecule has 4 nitrogen and oxygen atoms in total. The second-order valence-electron chi connectivity index (χ2n) is 4.68. The van der Waals surface area contributed by atoms with Crippen LogP contribution in [0.25, 0.3) is 0 Å². The Morgan fingerprint density at radius 2 is 1.90 bits per heavy atom. The van der Waals surface area contributed by atoms with Crippen molar-refractivity contribution in [3.8, 4) is 0 Å². The fourth-order valence-corrected chi connectivity index (χ4v) is 1.91. The van der Waals surface area contributed by atoms with Gasteiger partial charge >= 0.3 is 0 Å². The smallest absolute Gasteiger partial charge is 0.269 e. The Morgan fingerprint density at radius 3 is 2.60 bits per heavy atom. The first-order valence-corrected chi connectivity index (χ1v) is 6.65. The summed E-state index contributed by atoms with van der Waals surface area (Å²) in [5.41, 5.74) is 2.45. The first kappa shape index (κ1) is 14.1. The number of hydrogen-bond donors (Lipinski definition) is 1. The molecule has 0 aliphatic rings. The lowest BCUT2D eigenvalue weighted by atomic mass is 10.3. The third-order valence-corrected chi connectivity index (χ3v) is 3.05. The van der Waals surface area contributed by atoms with Crippen LogP contribution in [-0.4, -0.2) is 31.0 Å². The maximum absolute atomic E-state index is 11.9. The van der Waals surface area contributed by atoms with Crippen molar-refractivity contribution in [2.45, 2.75) is 6.92 Å². The van der Waals surface area contributed by atoms with E-state index in [9.17, 15) is 4.79 Å². The Hall–Kier alpha value is -2.36. The minimum absolute atomic E-state index is 0.129. The van der Waals surface area contributed by atoms with Crippen LogP contribution in [0.1, 0.15) is 16.2 Å². The molecule has 0 aliphatic carbocycles. The first-order valence-electron chi connectivity index (χ1n) is 6.65. The molecule has 0 saturated carbocycles. The van der Waals surface area contributed by atoms with Crippen LogP contribution in [-0.2, 0) is 0 Å². The summed E-state index contributed by atoms with van der Waals surface area (Å²) in [7, 11) is 2.01. The molecule has 0 radical (unpaired) electrons.